The third kappa shape index (κ3) is 2.82. The Morgan fingerprint density at radius 1 is 0.944 bits per heavy atom. The van der Waals surface area contributed by atoms with E-state index in [1.165, 1.54) is 0 Å². The molecule has 2 nitrogen and oxygen atoms in total. The molecular weight excluding hydrogens is 287 g/mol. The van der Waals surface area contributed by atoms with Crippen LogP contribution in [0.1, 0.15) is 0 Å². The molecule has 1 saturated heterocycles. The minimum Gasteiger partial charge on any atom is -0.346 e. The summed E-state index contributed by atoms with van der Waals surface area (Å²) < 4.78 is 116. The van der Waals surface area contributed by atoms with Crippen molar-refractivity contribution >= 4 is 0 Å². The zero-order valence-electron chi connectivity index (χ0n) is 8.16. The summed E-state index contributed by atoms with van der Waals surface area (Å²) in [5.74, 6) is -5.42. The summed E-state index contributed by atoms with van der Waals surface area (Å²) in [6.45, 7) is -1.49. The second-order valence-electron chi connectivity index (χ2n) is 3.39. The van der Waals surface area contributed by atoms with Crippen LogP contribution in [-0.2, 0) is 9.47 Å². The fraction of sp³-hybridized carbons (Fsp3) is 1.00. The van der Waals surface area contributed by atoms with Crippen LogP contribution in [0.3, 0.4) is 0 Å². The van der Waals surface area contributed by atoms with Crippen LogP contribution in [0.25, 0.3) is 0 Å². The molecule has 3 unspecified atom stereocenters. The van der Waals surface area contributed by atoms with Gasteiger partial charge in [0.15, 0.2) is 12.4 Å². The van der Waals surface area contributed by atoms with Gasteiger partial charge in [-0.2, -0.15) is 35.1 Å². The molecule has 1 aliphatic rings. The quantitative estimate of drug-likeness (QED) is 0.729. The van der Waals surface area contributed by atoms with Crippen LogP contribution in [0.4, 0.5) is 39.5 Å². The van der Waals surface area contributed by atoms with Gasteiger partial charge in [-0.05, 0) is 0 Å². The summed E-state index contributed by atoms with van der Waals surface area (Å²) in [6.07, 6.45) is -21.1. The van der Waals surface area contributed by atoms with E-state index in [0.29, 0.717) is 0 Å². The van der Waals surface area contributed by atoms with E-state index in [0.717, 1.165) is 0 Å². The number of hydrogen-bond acceptors (Lipinski definition) is 2. The normalized spacial score (nSPS) is 28.5. The fourth-order valence-corrected chi connectivity index (χ4v) is 1.10. The zero-order valence-corrected chi connectivity index (χ0v) is 8.16. The lowest BCUT2D eigenvalue weighted by atomic mass is 10.2. The van der Waals surface area contributed by atoms with Crippen molar-refractivity contribution < 1.29 is 49.0 Å². The maximum Gasteiger partial charge on any atom is 0.456 e. The Labute approximate surface area is 93.6 Å². The van der Waals surface area contributed by atoms with Crippen LogP contribution in [0.5, 0.6) is 0 Å². The molecule has 1 aliphatic heterocycles. The van der Waals surface area contributed by atoms with E-state index in [9.17, 15) is 39.5 Å². The van der Waals surface area contributed by atoms with Crippen molar-refractivity contribution in [3.8, 4) is 0 Å². The van der Waals surface area contributed by atoms with Crippen molar-refractivity contribution in [2.24, 2.45) is 0 Å². The molecule has 0 bridgehead atoms. The molecule has 0 radical (unpaired) electrons. The molecule has 0 aromatic carbocycles. The van der Waals surface area contributed by atoms with Gasteiger partial charge in [0, 0.05) is 0 Å². The number of alkyl halides is 9. The summed E-state index contributed by atoms with van der Waals surface area (Å²) in [4.78, 5) is 0. The van der Waals surface area contributed by atoms with Crippen LogP contribution in [0.15, 0.2) is 0 Å². The first-order chi connectivity index (χ1) is 7.87. The second-order valence-corrected chi connectivity index (χ2v) is 3.39. The Hall–Kier alpha value is -0.710. The van der Waals surface area contributed by atoms with Gasteiger partial charge >= 0.3 is 18.3 Å². The first kappa shape index (κ1) is 15.3. The van der Waals surface area contributed by atoms with E-state index >= 15 is 0 Å². The topological polar surface area (TPSA) is 18.5 Å². The van der Waals surface area contributed by atoms with E-state index in [2.05, 4.69) is 9.47 Å². The molecule has 1 fully saturated rings. The van der Waals surface area contributed by atoms with Gasteiger partial charge < -0.3 is 9.47 Å². The van der Waals surface area contributed by atoms with Crippen LogP contribution >= 0.6 is 0 Å². The van der Waals surface area contributed by atoms with Crippen molar-refractivity contribution in [1.29, 1.82) is 0 Å². The van der Waals surface area contributed by atoms with E-state index in [4.69, 9.17) is 0 Å². The minimum absolute atomic E-state index is 1.49. The van der Waals surface area contributed by atoms with E-state index in [-0.39, 0.29) is 0 Å². The third-order valence-corrected chi connectivity index (χ3v) is 2.04. The van der Waals surface area contributed by atoms with Crippen LogP contribution in [-0.4, -0.2) is 43.4 Å². The van der Waals surface area contributed by atoms with Crippen molar-refractivity contribution in [2.75, 3.05) is 6.61 Å². The van der Waals surface area contributed by atoms with Gasteiger partial charge in [-0.1, -0.05) is 0 Å². The summed E-state index contributed by atoms with van der Waals surface area (Å²) in [5, 5.41) is 0. The number of ether oxygens (including phenoxy) is 2. The maximum absolute atomic E-state index is 12.6. The minimum atomic E-state index is -6.03. The van der Waals surface area contributed by atoms with Gasteiger partial charge in [-0.25, -0.2) is 4.39 Å². The molecular formula is C7H5F9O2. The molecule has 11 heteroatoms. The molecule has 3 atom stereocenters. The molecule has 0 saturated carbocycles. The Morgan fingerprint density at radius 3 is 1.83 bits per heavy atom. The van der Waals surface area contributed by atoms with Gasteiger partial charge in [0.05, 0.1) is 6.61 Å². The van der Waals surface area contributed by atoms with Crippen LogP contribution in [0, 0.1) is 0 Å². The number of rotatable bonds is 2. The average Bonchev–Trinajstić information content (AvgIpc) is 2.62. The van der Waals surface area contributed by atoms with Crippen LogP contribution < -0.4 is 0 Å². The first-order valence-corrected chi connectivity index (χ1v) is 4.29. The van der Waals surface area contributed by atoms with Gasteiger partial charge in [0.25, 0.3) is 0 Å². The molecule has 0 aromatic heterocycles. The predicted molar refractivity (Wildman–Crippen MR) is 36.6 cm³/mol. The molecule has 1 rings (SSSR count). The van der Waals surface area contributed by atoms with E-state index in [1.54, 1.807) is 0 Å². The van der Waals surface area contributed by atoms with E-state index in [1.807, 2.05) is 0 Å². The first-order valence-electron chi connectivity index (χ1n) is 4.29. The molecule has 0 aliphatic carbocycles. The molecule has 108 valence electrons. The van der Waals surface area contributed by atoms with Crippen LogP contribution in [0.2, 0.25) is 0 Å². The number of halogens is 9. The zero-order chi connectivity index (χ0) is 14.4. The summed E-state index contributed by atoms with van der Waals surface area (Å²) in [6, 6.07) is 0. The standard InChI is InChI=1S/C7H5F9O2/c8-3(6(11,12)13)4-17-1-2(18-4)5(9,10)7(14,15)16/h2-4H,1H2. The summed E-state index contributed by atoms with van der Waals surface area (Å²) in [5.41, 5.74) is 0. The summed E-state index contributed by atoms with van der Waals surface area (Å²) >= 11 is 0. The second kappa shape index (κ2) is 4.44. The Bertz CT molecular complexity index is 296. The third-order valence-electron chi connectivity index (χ3n) is 2.04. The smallest absolute Gasteiger partial charge is 0.346 e. The molecule has 18 heavy (non-hydrogen) atoms. The highest BCUT2D eigenvalue weighted by Crippen LogP contribution is 2.42. The molecule has 0 N–H and O–H groups in total. The van der Waals surface area contributed by atoms with Crippen molar-refractivity contribution in [2.45, 2.75) is 36.8 Å². The SMILES string of the molecule is FC(C1OCC(C(F)(F)C(F)(F)F)O1)C(F)(F)F. The Morgan fingerprint density at radius 2 is 1.44 bits per heavy atom. The van der Waals surface area contributed by atoms with E-state index < -0.39 is 43.4 Å². The predicted octanol–water partition coefficient (Wildman–Crippen LogP) is 2.83. The van der Waals surface area contributed by atoms with Crippen molar-refractivity contribution in [3.63, 3.8) is 0 Å². The Kier molecular flexibility index (Phi) is 3.79. The highest BCUT2D eigenvalue weighted by molar-refractivity contribution is 4.89. The molecule has 0 aromatic rings. The van der Waals surface area contributed by atoms with Gasteiger partial charge in [-0.15, -0.1) is 0 Å². The number of hydrogen-bond donors (Lipinski definition) is 0. The van der Waals surface area contributed by atoms with Gasteiger partial charge in [-0.3, -0.25) is 0 Å². The lowest BCUT2D eigenvalue weighted by molar-refractivity contribution is -0.320. The van der Waals surface area contributed by atoms with Gasteiger partial charge in [0.1, 0.15) is 0 Å². The highest BCUT2D eigenvalue weighted by atomic mass is 19.4. The van der Waals surface area contributed by atoms with Crippen molar-refractivity contribution in [3.05, 3.63) is 0 Å². The van der Waals surface area contributed by atoms with Gasteiger partial charge in [0.2, 0.25) is 6.17 Å². The van der Waals surface area contributed by atoms with Crippen molar-refractivity contribution in [1.82, 2.24) is 0 Å². The molecule has 0 spiro atoms. The fourth-order valence-electron chi connectivity index (χ4n) is 1.10. The summed E-state index contributed by atoms with van der Waals surface area (Å²) in [7, 11) is 0. The largest absolute Gasteiger partial charge is 0.456 e. The maximum atomic E-state index is 12.6. The lowest BCUT2D eigenvalue weighted by Crippen LogP contribution is -2.49. The molecule has 0 amide bonds. The highest BCUT2D eigenvalue weighted by Gasteiger charge is 2.66. The Balaban J connectivity index is 2.73. The molecule has 1 heterocycles. The lowest BCUT2D eigenvalue weighted by Gasteiger charge is -2.24. The monoisotopic (exact) mass is 292 g/mol. The average molecular weight is 292 g/mol.